The van der Waals surface area contributed by atoms with Crippen LogP contribution in [0.3, 0.4) is 0 Å². The average Bonchev–Trinajstić information content (AvgIpc) is 3.13. The van der Waals surface area contributed by atoms with Crippen LogP contribution in [0.25, 0.3) is 0 Å². The molecule has 10 heteroatoms. The van der Waals surface area contributed by atoms with Crippen molar-refractivity contribution in [1.82, 2.24) is 9.62 Å². The maximum atomic E-state index is 12.5. The molecule has 2 N–H and O–H groups in total. The number of amides is 1. The van der Waals surface area contributed by atoms with Crippen LogP contribution in [-0.4, -0.2) is 62.6 Å². The van der Waals surface area contributed by atoms with Crippen LogP contribution in [0.4, 0.5) is 0 Å². The maximum absolute atomic E-state index is 12.5. The van der Waals surface area contributed by atoms with E-state index in [0.29, 0.717) is 32.6 Å². The second-order valence-corrected chi connectivity index (χ2v) is 7.81. The Hall–Kier alpha value is -1.91. The van der Waals surface area contributed by atoms with E-state index in [2.05, 4.69) is 5.32 Å². The minimum absolute atomic E-state index is 0.0790. The quantitative estimate of drug-likeness (QED) is 0.602. The molecule has 0 saturated carbocycles. The Balaban J connectivity index is 1.84. The summed E-state index contributed by atoms with van der Waals surface area (Å²) in [6.45, 7) is 4.04. The summed E-state index contributed by atoms with van der Waals surface area (Å²) in [6.07, 6.45) is 1.54. The highest BCUT2D eigenvalue weighted by Crippen LogP contribution is 2.25. The van der Waals surface area contributed by atoms with E-state index in [-0.39, 0.29) is 24.9 Å². The number of ether oxygens (including phenoxy) is 1. The molecule has 1 aliphatic rings. The zero-order valence-electron chi connectivity index (χ0n) is 14.6. The van der Waals surface area contributed by atoms with Crippen LogP contribution in [0.5, 0.6) is 0 Å². The fourth-order valence-corrected chi connectivity index (χ4v) is 4.11. The van der Waals surface area contributed by atoms with Crippen LogP contribution < -0.4 is 5.32 Å². The normalized spacial score (nSPS) is 16.5. The Kier molecular flexibility index (Phi) is 7.18. The van der Waals surface area contributed by atoms with Gasteiger partial charge in [-0.15, -0.1) is 0 Å². The third kappa shape index (κ3) is 5.05. The molecule has 0 radical (unpaired) electrons. The van der Waals surface area contributed by atoms with Gasteiger partial charge in [-0.25, -0.2) is 13.2 Å². The number of aromatic carboxylic acids is 1. The summed E-state index contributed by atoms with van der Waals surface area (Å²) in [5.74, 6) is -2.07. The van der Waals surface area contributed by atoms with Crippen LogP contribution in [0.2, 0.25) is 0 Å². The van der Waals surface area contributed by atoms with Gasteiger partial charge in [0.15, 0.2) is 0 Å². The van der Waals surface area contributed by atoms with E-state index in [1.807, 2.05) is 6.92 Å². The molecule has 2 heterocycles. The number of hydrogen-bond donors (Lipinski definition) is 2. The van der Waals surface area contributed by atoms with Crippen molar-refractivity contribution < 1.29 is 32.3 Å². The molecule has 1 fully saturated rings. The minimum Gasteiger partial charge on any atom is -0.475 e. The lowest BCUT2D eigenvalue weighted by molar-refractivity contribution is -0.126. The molecule has 0 bridgehead atoms. The van der Waals surface area contributed by atoms with E-state index >= 15 is 0 Å². The Bertz CT molecular complexity index is 721. The molecule has 146 valence electrons. The van der Waals surface area contributed by atoms with Crippen molar-refractivity contribution in [1.29, 1.82) is 0 Å². The second kappa shape index (κ2) is 9.15. The molecule has 1 aromatic rings. The molecule has 26 heavy (non-hydrogen) atoms. The lowest BCUT2D eigenvalue weighted by Gasteiger charge is -2.29. The number of nitrogens with one attached hydrogen (secondary N) is 1. The highest BCUT2D eigenvalue weighted by molar-refractivity contribution is 7.89. The molecular weight excluding hydrogens is 364 g/mol. The molecule has 1 aliphatic heterocycles. The number of carbonyl (C=O) groups excluding carboxylic acids is 1. The standard InChI is InChI=1S/C16H24N2O7S/c1-2-24-11-3-8-17-15(19)12-6-9-18(10-7-12)26(22,23)14-5-4-13(25-14)16(20)21/h4-5,12H,2-3,6-11H2,1H3,(H,17,19)(H,20,21). The van der Waals surface area contributed by atoms with Crippen LogP contribution in [0, 0.1) is 5.92 Å². The van der Waals surface area contributed by atoms with Crippen molar-refractivity contribution >= 4 is 21.9 Å². The van der Waals surface area contributed by atoms with Gasteiger partial charge < -0.3 is 19.6 Å². The third-order valence-corrected chi connectivity index (χ3v) is 5.95. The molecule has 1 amide bonds. The predicted molar refractivity (Wildman–Crippen MR) is 91.3 cm³/mol. The lowest BCUT2D eigenvalue weighted by Crippen LogP contribution is -2.43. The van der Waals surface area contributed by atoms with Gasteiger partial charge in [0.05, 0.1) is 0 Å². The summed E-state index contributed by atoms with van der Waals surface area (Å²) in [4.78, 5) is 23.0. The summed E-state index contributed by atoms with van der Waals surface area (Å²) >= 11 is 0. The zero-order chi connectivity index (χ0) is 19.2. The number of hydrogen-bond acceptors (Lipinski definition) is 6. The van der Waals surface area contributed by atoms with Gasteiger partial charge >= 0.3 is 5.97 Å². The molecule has 0 spiro atoms. The third-order valence-electron chi connectivity index (χ3n) is 4.18. The van der Waals surface area contributed by atoms with Crippen molar-refractivity contribution in [3.63, 3.8) is 0 Å². The van der Waals surface area contributed by atoms with Gasteiger partial charge in [0.2, 0.25) is 16.8 Å². The number of piperidine rings is 1. The summed E-state index contributed by atoms with van der Waals surface area (Å²) < 4.78 is 36.3. The van der Waals surface area contributed by atoms with Gasteiger partial charge in [-0.2, -0.15) is 4.31 Å². The molecule has 9 nitrogen and oxygen atoms in total. The molecule has 1 aromatic heterocycles. The number of carboxylic acid groups (broad SMARTS) is 1. The van der Waals surface area contributed by atoms with Crippen molar-refractivity contribution in [2.24, 2.45) is 5.92 Å². The molecule has 0 aromatic carbocycles. The first-order valence-corrected chi connectivity index (χ1v) is 9.99. The first-order valence-electron chi connectivity index (χ1n) is 8.55. The van der Waals surface area contributed by atoms with Gasteiger partial charge in [0.1, 0.15) is 0 Å². The summed E-state index contributed by atoms with van der Waals surface area (Å²) in [5, 5.41) is 11.3. The topological polar surface area (TPSA) is 126 Å². The summed E-state index contributed by atoms with van der Waals surface area (Å²) in [5.41, 5.74) is 0. The average molecular weight is 388 g/mol. The predicted octanol–water partition coefficient (Wildman–Crippen LogP) is 0.921. The number of nitrogens with zero attached hydrogens (tertiary/aromatic N) is 1. The van der Waals surface area contributed by atoms with Crippen LogP contribution in [0.1, 0.15) is 36.7 Å². The molecular formula is C16H24N2O7S. The van der Waals surface area contributed by atoms with E-state index in [0.717, 1.165) is 18.6 Å². The Morgan fingerprint density at radius 2 is 2.04 bits per heavy atom. The number of rotatable bonds is 9. The minimum atomic E-state index is -3.90. The fraction of sp³-hybridized carbons (Fsp3) is 0.625. The molecule has 0 unspecified atom stereocenters. The maximum Gasteiger partial charge on any atom is 0.371 e. The van der Waals surface area contributed by atoms with Gasteiger partial charge in [-0.05, 0) is 38.3 Å². The van der Waals surface area contributed by atoms with Gasteiger partial charge in [-0.3, -0.25) is 4.79 Å². The highest BCUT2D eigenvalue weighted by Gasteiger charge is 2.34. The smallest absolute Gasteiger partial charge is 0.371 e. The van der Waals surface area contributed by atoms with Crippen molar-refractivity contribution in [2.45, 2.75) is 31.3 Å². The SMILES string of the molecule is CCOCCCNC(=O)C1CCN(S(=O)(=O)c2ccc(C(=O)O)o2)CC1. The lowest BCUT2D eigenvalue weighted by atomic mass is 9.97. The molecule has 2 rings (SSSR count). The van der Waals surface area contributed by atoms with Crippen LogP contribution in [0.15, 0.2) is 21.6 Å². The second-order valence-electron chi connectivity index (χ2n) is 5.94. The Morgan fingerprint density at radius 1 is 1.35 bits per heavy atom. The highest BCUT2D eigenvalue weighted by atomic mass is 32.2. The largest absolute Gasteiger partial charge is 0.475 e. The van der Waals surface area contributed by atoms with E-state index in [4.69, 9.17) is 14.3 Å². The molecule has 0 aliphatic carbocycles. The van der Waals surface area contributed by atoms with Crippen molar-refractivity contribution in [3.05, 3.63) is 17.9 Å². The number of sulfonamides is 1. The summed E-state index contributed by atoms with van der Waals surface area (Å²) in [6, 6.07) is 2.24. The number of carbonyl (C=O) groups is 2. The van der Waals surface area contributed by atoms with E-state index in [1.165, 1.54) is 4.31 Å². The molecule has 0 atom stereocenters. The van der Waals surface area contributed by atoms with E-state index < -0.39 is 26.8 Å². The van der Waals surface area contributed by atoms with E-state index in [9.17, 15) is 18.0 Å². The zero-order valence-corrected chi connectivity index (χ0v) is 15.5. The number of carboxylic acids is 1. The van der Waals surface area contributed by atoms with Gasteiger partial charge in [0, 0.05) is 38.8 Å². The van der Waals surface area contributed by atoms with E-state index in [1.54, 1.807) is 0 Å². The van der Waals surface area contributed by atoms with Crippen LogP contribution >= 0.6 is 0 Å². The fourth-order valence-electron chi connectivity index (χ4n) is 2.73. The Morgan fingerprint density at radius 3 is 2.62 bits per heavy atom. The van der Waals surface area contributed by atoms with Crippen molar-refractivity contribution in [2.75, 3.05) is 32.8 Å². The van der Waals surface area contributed by atoms with Gasteiger partial charge in [0.25, 0.3) is 10.0 Å². The first kappa shape index (κ1) is 20.4. The van der Waals surface area contributed by atoms with Crippen LogP contribution in [-0.2, 0) is 19.6 Å². The summed E-state index contributed by atoms with van der Waals surface area (Å²) in [7, 11) is -3.90. The van der Waals surface area contributed by atoms with Gasteiger partial charge in [-0.1, -0.05) is 0 Å². The molecule has 1 saturated heterocycles. The monoisotopic (exact) mass is 388 g/mol. The van der Waals surface area contributed by atoms with Crippen molar-refractivity contribution in [3.8, 4) is 0 Å². The Labute approximate surface area is 152 Å². The first-order chi connectivity index (χ1) is 12.4. The number of furan rings is 1.